The molecule has 0 radical (unpaired) electrons. The first-order valence-corrected chi connectivity index (χ1v) is 10.8. The van der Waals surface area contributed by atoms with Crippen molar-refractivity contribution in [3.63, 3.8) is 0 Å². The average molecular weight is 349 g/mol. The Morgan fingerprint density at radius 2 is 0.962 bits per heavy atom. The van der Waals surface area contributed by atoms with Crippen LogP contribution in [0.25, 0.3) is 0 Å². The van der Waals surface area contributed by atoms with Crippen LogP contribution in [0.2, 0.25) is 0 Å². The van der Waals surface area contributed by atoms with Crippen molar-refractivity contribution in [3.8, 4) is 0 Å². The molecule has 0 saturated heterocycles. The lowest BCUT2D eigenvalue weighted by Gasteiger charge is -2.31. The highest BCUT2D eigenvalue weighted by Crippen LogP contribution is 2.36. The SMILES string of the molecule is CC(Cc1ccccc1)CC1CCC(CC(C)Cc2ccccc2)CC1. The third-order valence-electron chi connectivity index (χ3n) is 6.29. The predicted molar refractivity (Wildman–Crippen MR) is 113 cm³/mol. The summed E-state index contributed by atoms with van der Waals surface area (Å²) in [4.78, 5) is 0. The van der Waals surface area contributed by atoms with Crippen molar-refractivity contribution in [2.75, 3.05) is 0 Å². The molecule has 0 heterocycles. The average Bonchev–Trinajstić information content (AvgIpc) is 2.65. The number of rotatable bonds is 8. The fourth-order valence-corrected chi connectivity index (χ4v) is 5.04. The van der Waals surface area contributed by atoms with E-state index in [4.69, 9.17) is 0 Å². The van der Waals surface area contributed by atoms with Gasteiger partial charge in [0.15, 0.2) is 0 Å². The van der Waals surface area contributed by atoms with Gasteiger partial charge < -0.3 is 0 Å². The fraction of sp³-hybridized carbons (Fsp3) is 0.538. The van der Waals surface area contributed by atoms with E-state index in [2.05, 4.69) is 74.5 Å². The van der Waals surface area contributed by atoms with Gasteiger partial charge in [0.2, 0.25) is 0 Å². The summed E-state index contributed by atoms with van der Waals surface area (Å²) < 4.78 is 0. The van der Waals surface area contributed by atoms with E-state index < -0.39 is 0 Å². The van der Waals surface area contributed by atoms with Crippen LogP contribution in [0.5, 0.6) is 0 Å². The molecule has 0 heteroatoms. The molecule has 0 N–H and O–H groups in total. The Hall–Kier alpha value is -1.56. The van der Waals surface area contributed by atoms with Gasteiger partial charge in [0.05, 0.1) is 0 Å². The lowest BCUT2D eigenvalue weighted by atomic mass is 9.74. The Morgan fingerprint density at radius 3 is 1.31 bits per heavy atom. The maximum Gasteiger partial charge on any atom is -0.0253 e. The van der Waals surface area contributed by atoms with Crippen LogP contribution in [-0.4, -0.2) is 0 Å². The lowest BCUT2D eigenvalue weighted by molar-refractivity contribution is 0.215. The molecule has 0 aliphatic heterocycles. The van der Waals surface area contributed by atoms with E-state index in [1.165, 1.54) is 62.5 Å². The minimum Gasteiger partial charge on any atom is -0.0622 e. The van der Waals surface area contributed by atoms with Crippen LogP contribution in [-0.2, 0) is 12.8 Å². The molecule has 3 rings (SSSR count). The topological polar surface area (TPSA) is 0 Å². The van der Waals surface area contributed by atoms with Gasteiger partial charge in [0, 0.05) is 0 Å². The maximum absolute atomic E-state index is 2.45. The zero-order chi connectivity index (χ0) is 18.2. The van der Waals surface area contributed by atoms with Gasteiger partial charge in [-0.1, -0.05) is 100 Å². The highest BCUT2D eigenvalue weighted by Gasteiger charge is 2.24. The van der Waals surface area contributed by atoms with E-state index in [9.17, 15) is 0 Å². The highest BCUT2D eigenvalue weighted by molar-refractivity contribution is 5.15. The summed E-state index contributed by atoms with van der Waals surface area (Å²) in [7, 11) is 0. The van der Waals surface area contributed by atoms with Crippen LogP contribution >= 0.6 is 0 Å². The highest BCUT2D eigenvalue weighted by atomic mass is 14.3. The minimum atomic E-state index is 0.816. The quantitative estimate of drug-likeness (QED) is 0.468. The molecule has 1 aliphatic carbocycles. The van der Waals surface area contributed by atoms with Gasteiger partial charge in [0.1, 0.15) is 0 Å². The smallest absolute Gasteiger partial charge is 0.0253 e. The first-order chi connectivity index (χ1) is 12.7. The van der Waals surface area contributed by atoms with Crippen LogP contribution < -0.4 is 0 Å². The first-order valence-electron chi connectivity index (χ1n) is 10.8. The summed E-state index contributed by atoms with van der Waals surface area (Å²) in [5.41, 5.74) is 3.01. The van der Waals surface area contributed by atoms with Crippen molar-refractivity contribution in [2.24, 2.45) is 23.7 Å². The van der Waals surface area contributed by atoms with Gasteiger partial charge in [-0.25, -0.2) is 0 Å². The molecule has 1 aliphatic rings. The third-order valence-corrected chi connectivity index (χ3v) is 6.29. The van der Waals surface area contributed by atoms with Crippen molar-refractivity contribution < 1.29 is 0 Å². The van der Waals surface area contributed by atoms with Crippen LogP contribution in [0.1, 0.15) is 63.5 Å². The standard InChI is InChI=1S/C26H36/c1-21(17-23-9-5-3-6-10-23)19-25-13-15-26(16-14-25)20-22(2)18-24-11-7-4-8-12-24/h3-12,21-22,25-26H,13-20H2,1-2H3. The second-order valence-electron chi connectivity index (χ2n) is 8.95. The zero-order valence-electron chi connectivity index (χ0n) is 16.7. The molecule has 1 saturated carbocycles. The lowest BCUT2D eigenvalue weighted by Crippen LogP contribution is -2.19. The summed E-state index contributed by atoms with van der Waals surface area (Å²) in [5, 5.41) is 0. The molecule has 2 unspecified atom stereocenters. The van der Waals surface area contributed by atoms with E-state index in [1.54, 1.807) is 0 Å². The second kappa shape index (κ2) is 9.95. The predicted octanol–water partition coefficient (Wildman–Crippen LogP) is 7.33. The largest absolute Gasteiger partial charge is 0.0622 e. The third kappa shape index (κ3) is 6.31. The normalized spacial score (nSPS) is 22.7. The molecule has 0 bridgehead atoms. The number of hydrogen-bond acceptors (Lipinski definition) is 0. The van der Waals surface area contributed by atoms with Crippen molar-refractivity contribution in [2.45, 2.75) is 65.2 Å². The Bertz CT molecular complexity index is 550. The van der Waals surface area contributed by atoms with Gasteiger partial charge in [-0.05, 0) is 60.5 Å². The molecule has 2 aromatic carbocycles. The van der Waals surface area contributed by atoms with Crippen LogP contribution in [0.3, 0.4) is 0 Å². The van der Waals surface area contributed by atoms with E-state index in [0.29, 0.717) is 0 Å². The number of benzene rings is 2. The molecular formula is C26H36. The summed E-state index contributed by atoms with van der Waals surface area (Å²) in [5.74, 6) is 3.57. The molecule has 1 fully saturated rings. The molecule has 26 heavy (non-hydrogen) atoms. The van der Waals surface area contributed by atoms with Gasteiger partial charge in [-0.2, -0.15) is 0 Å². The monoisotopic (exact) mass is 348 g/mol. The maximum atomic E-state index is 2.45. The summed E-state index contributed by atoms with van der Waals surface area (Å²) >= 11 is 0. The number of hydrogen-bond donors (Lipinski definition) is 0. The van der Waals surface area contributed by atoms with E-state index in [0.717, 1.165) is 23.7 Å². The molecule has 0 nitrogen and oxygen atoms in total. The molecule has 0 aromatic heterocycles. The zero-order valence-corrected chi connectivity index (χ0v) is 16.7. The molecule has 0 amide bonds. The van der Waals surface area contributed by atoms with Crippen molar-refractivity contribution >= 4 is 0 Å². The minimum absolute atomic E-state index is 0.816. The van der Waals surface area contributed by atoms with Gasteiger partial charge >= 0.3 is 0 Å². The molecule has 140 valence electrons. The molecule has 0 spiro atoms. The van der Waals surface area contributed by atoms with Crippen molar-refractivity contribution in [3.05, 3.63) is 71.8 Å². The fourth-order valence-electron chi connectivity index (χ4n) is 5.04. The van der Waals surface area contributed by atoms with E-state index in [-0.39, 0.29) is 0 Å². The molecule has 2 atom stereocenters. The summed E-state index contributed by atoms with van der Waals surface area (Å²) in [6.07, 6.45) is 11.2. The van der Waals surface area contributed by atoms with Gasteiger partial charge in [-0.3, -0.25) is 0 Å². The Balaban J connectivity index is 1.36. The van der Waals surface area contributed by atoms with Gasteiger partial charge in [-0.15, -0.1) is 0 Å². The Morgan fingerprint density at radius 1 is 0.615 bits per heavy atom. The van der Waals surface area contributed by atoms with Gasteiger partial charge in [0.25, 0.3) is 0 Å². The molecular weight excluding hydrogens is 312 g/mol. The first kappa shape index (κ1) is 19.2. The summed E-state index contributed by atoms with van der Waals surface area (Å²) in [6, 6.07) is 22.0. The Labute approximate surface area is 161 Å². The van der Waals surface area contributed by atoms with E-state index >= 15 is 0 Å². The van der Waals surface area contributed by atoms with E-state index in [1.807, 2.05) is 0 Å². The second-order valence-corrected chi connectivity index (χ2v) is 8.95. The van der Waals surface area contributed by atoms with Crippen LogP contribution in [0.15, 0.2) is 60.7 Å². The summed E-state index contributed by atoms with van der Waals surface area (Å²) in [6.45, 7) is 4.89. The van der Waals surface area contributed by atoms with Crippen molar-refractivity contribution in [1.29, 1.82) is 0 Å². The van der Waals surface area contributed by atoms with Crippen LogP contribution in [0, 0.1) is 23.7 Å². The van der Waals surface area contributed by atoms with Crippen molar-refractivity contribution in [1.82, 2.24) is 0 Å². The van der Waals surface area contributed by atoms with Crippen LogP contribution in [0.4, 0.5) is 0 Å². The Kier molecular flexibility index (Phi) is 7.35. The molecule has 2 aromatic rings.